The molecule has 3 heterocycles. The van der Waals surface area contributed by atoms with Crippen molar-refractivity contribution in [2.24, 2.45) is 11.8 Å². The average Bonchev–Trinajstić information content (AvgIpc) is 2.93. The second-order valence-corrected chi connectivity index (χ2v) is 10.8. The van der Waals surface area contributed by atoms with E-state index >= 15 is 0 Å². The molecule has 2 N–H and O–H groups in total. The fraction of sp³-hybridized carbons (Fsp3) is 0.406. The van der Waals surface area contributed by atoms with Crippen LogP contribution in [0.15, 0.2) is 78.9 Å². The van der Waals surface area contributed by atoms with Gasteiger partial charge in [0, 0.05) is 36.7 Å². The van der Waals surface area contributed by atoms with E-state index in [1.165, 1.54) is 16.7 Å². The van der Waals surface area contributed by atoms with Gasteiger partial charge in [0.25, 0.3) is 0 Å². The first kappa shape index (κ1) is 25.5. The summed E-state index contributed by atoms with van der Waals surface area (Å²) in [6, 6.07) is 27.3. The Bertz CT molecular complexity index is 1160. The van der Waals surface area contributed by atoms with Crippen molar-refractivity contribution < 1.29 is 14.6 Å². The van der Waals surface area contributed by atoms with E-state index in [2.05, 4.69) is 84.7 Å². The summed E-state index contributed by atoms with van der Waals surface area (Å²) in [5.74, 6) is 0.249. The number of carboxylic acids is 1. The molecule has 37 heavy (non-hydrogen) atoms. The number of nitrogens with one attached hydrogen (secondary N) is 1. The molecule has 3 aliphatic heterocycles. The van der Waals surface area contributed by atoms with Crippen LogP contribution in [0.2, 0.25) is 0 Å². The number of benzene rings is 3. The van der Waals surface area contributed by atoms with Gasteiger partial charge in [0.15, 0.2) is 0 Å². The van der Waals surface area contributed by atoms with E-state index in [4.69, 9.17) is 4.74 Å². The van der Waals surface area contributed by atoms with Gasteiger partial charge in [-0.3, -0.25) is 9.69 Å². The smallest absolute Gasteiger partial charge is 0.308 e. The maximum Gasteiger partial charge on any atom is 0.308 e. The number of piperidine rings is 3. The van der Waals surface area contributed by atoms with E-state index in [1.807, 2.05) is 18.2 Å². The summed E-state index contributed by atoms with van der Waals surface area (Å²) >= 11 is 0. The van der Waals surface area contributed by atoms with Crippen molar-refractivity contribution in [3.8, 4) is 5.75 Å². The number of nitrogens with zero attached hydrogens (tertiary/aromatic N) is 1. The molecule has 2 unspecified atom stereocenters. The van der Waals surface area contributed by atoms with Gasteiger partial charge in [0.1, 0.15) is 5.75 Å². The van der Waals surface area contributed by atoms with Crippen molar-refractivity contribution in [2.45, 2.75) is 50.7 Å². The van der Waals surface area contributed by atoms with E-state index in [9.17, 15) is 9.90 Å². The van der Waals surface area contributed by atoms with E-state index in [-0.39, 0.29) is 23.9 Å². The predicted molar refractivity (Wildman–Crippen MR) is 147 cm³/mol. The maximum absolute atomic E-state index is 12.9. The molecule has 3 fully saturated rings. The summed E-state index contributed by atoms with van der Waals surface area (Å²) in [6.07, 6.45) is 0.893. The number of fused-ring (bicyclic) bond motifs is 3. The molecule has 3 aromatic rings. The van der Waals surface area contributed by atoms with Crippen LogP contribution in [-0.4, -0.2) is 48.3 Å². The highest BCUT2D eigenvalue weighted by atomic mass is 16.5. The monoisotopic (exact) mass is 498 g/mol. The molecule has 3 saturated heterocycles. The molecule has 0 saturated carbocycles. The second-order valence-electron chi connectivity index (χ2n) is 10.8. The maximum atomic E-state index is 12.9. The number of aliphatic carboxylic acids is 1. The Morgan fingerprint density at radius 3 is 2.22 bits per heavy atom. The largest absolute Gasteiger partial charge is 0.496 e. The minimum atomic E-state index is -0.692. The molecular formula is C32H38N2O3. The lowest BCUT2D eigenvalue weighted by Crippen LogP contribution is -2.67. The van der Waals surface area contributed by atoms with Crippen LogP contribution in [0.25, 0.3) is 0 Å². The minimum absolute atomic E-state index is 0.00932. The van der Waals surface area contributed by atoms with Gasteiger partial charge in [-0.05, 0) is 47.6 Å². The van der Waals surface area contributed by atoms with E-state index in [0.29, 0.717) is 12.5 Å². The molecule has 3 aromatic carbocycles. The summed E-state index contributed by atoms with van der Waals surface area (Å²) in [5.41, 5.74) is 4.76. The SMILES string of the molecule is COc1ccc(C(C)C)cc1CN[C@@H]1CN2CC[C@H]1[C@@H](C(=O)O)C2C(c1ccccc1)c1ccccc1. The van der Waals surface area contributed by atoms with Crippen molar-refractivity contribution in [2.75, 3.05) is 20.2 Å². The van der Waals surface area contributed by atoms with E-state index in [1.54, 1.807) is 7.11 Å². The third kappa shape index (κ3) is 5.16. The highest BCUT2D eigenvalue weighted by Crippen LogP contribution is 2.45. The predicted octanol–water partition coefficient (Wildman–Crippen LogP) is 5.51. The third-order valence-corrected chi connectivity index (χ3v) is 8.42. The van der Waals surface area contributed by atoms with Crippen LogP contribution in [-0.2, 0) is 11.3 Å². The molecule has 3 aliphatic rings. The minimum Gasteiger partial charge on any atom is -0.496 e. The summed E-state index contributed by atoms with van der Waals surface area (Å²) < 4.78 is 5.64. The fourth-order valence-corrected chi connectivity index (χ4v) is 6.58. The third-order valence-electron chi connectivity index (χ3n) is 8.42. The molecule has 0 aliphatic carbocycles. The van der Waals surface area contributed by atoms with E-state index in [0.717, 1.165) is 30.8 Å². The van der Waals surface area contributed by atoms with Gasteiger partial charge in [-0.2, -0.15) is 0 Å². The molecule has 0 radical (unpaired) electrons. The highest BCUT2D eigenvalue weighted by Gasteiger charge is 2.53. The Labute approximate surface area is 220 Å². The summed E-state index contributed by atoms with van der Waals surface area (Å²) in [4.78, 5) is 15.3. The van der Waals surface area contributed by atoms with Crippen molar-refractivity contribution in [3.05, 3.63) is 101 Å². The molecule has 6 rings (SSSR count). The van der Waals surface area contributed by atoms with Crippen molar-refractivity contribution in [3.63, 3.8) is 0 Å². The number of ether oxygens (including phenoxy) is 1. The second kappa shape index (κ2) is 11.1. The van der Waals surface area contributed by atoms with Gasteiger partial charge in [-0.15, -0.1) is 0 Å². The van der Waals surface area contributed by atoms with Crippen molar-refractivity contribution >= 4 is 5.97 Å². The Balaban J connectivity index is 1.43. The van der Waals surface area contributed by atoms with Crippen molar-refractivity contribution in [1.29, 1.82) is 0 Å². The van der Waals surface area contributed by atoms with Gasteiger partial charge in [0.2, 0.25) is 0 Å². The molecule has 5 heteroatoms. The quantitative estimate of drug-likeness (QED) is 0.407. The zero-order valence-electron chi connectivity index (χ0n) is 22.0. The van der Waals surface area contributed by atoms with Crippen LogP contribution in [0.5, 0.6) is 5.75 Å². The number of rotatable bonds is 9. The zero-order chi connectivity index (χ0) is 25.9. The van der Waals surface area contributed by atoms with Crippen LogP contribution < -0.4 is 10.1 Å². The van der Waals surface area contributed by atoms with Gasteiger partial charge >= 0.3 is 5.97 Å². The van der Waals surface area contributed by atoms with Crippen molar-refractivity contribution in [1.82, 2.24) is 10.2 Å². The normalized spacial score (nSPS) is 24.9. The molecule has 5 atom stereocenters. The van der Waals surface area contributed by atoms with Gasteiger partial charge in [0.05, 0.1) is 13.0 Å². The lowest BCUT2D eigenvalue weighted by molar-refractivity contribution is -0.155. The van der Waals surface area contributed by atoms with Gasteiger partial charge in [-0.25, -0.2) is 0 Å². The molecule has 0 aromatic heterocycles. The first-order valence-electron chi connectivity index (χ1n) is 13.4. The Morgan fingerprint density at radius 2 is 1.65 bits per heavy atom. The zero-order valence-corrected chi connectivity index (χ0v) is 22.0. The lowest BCUT2D eigenvalue weighted by atomic mass is 9.65. The van der Waals surface area contributed by atoms with Crippen LogP contribution >= 0.6 is 0 Å². The molecule has 5 nitrogen and oxygen atoms in total. The summed E-state index contributed by atoms with van der Waals surface area (Å²) in [6.45, 7) is 6.83. The van der Waals surface area contributed by atoms with Crippen LogP contribution in [0.3, 0.4) is 0 Å². The standard InChI is InChI=1S/C32H38N2O3/c1-21(2)24-14-15-28(37-3)25(18-24)19-33-27-20-34-17-16-26(27)30(32(35)36)31(34)29(22-10-6-4-7-11-22)23-12-8-5-9-13-23/h4-15,18,21,26-27,29-31,33H,16-17,19-20H2,1-3H3,(H,35,36)/t26-,27-,30-,31?/m1/s1. The Hall–Kier alpha value is -3.15. The molecular weight excluding hydrogens is 460 g/mol. The molecule has 2 bridgehead atoms. The van der Waals surface area contributed by atoms with Gasteiger partial charge < -0.3 is 15.2 Å². The Morgan fingerprint density at radius 1 is 1.00 bits per heavy atom. The van der Waals surface area contributed by atoms with E-state index < -0.39 is 11.9 Å². The molecule has 0 spiro atoms. The number of hydrogen-bond donors (Lipinski definition) is 2. The number of hydrogen-bond acceptors (Lipinski definition) is 4. The molecule has 0 amide bonds. The number of carboxylic acid groups (broad SMARTS) is 1. The topological polar surface area (TPSA) is 61.8 Å². The Kier molecular flexibility index (Phi) is 7.63. The van der Waals surface area contributed by atoms with Crippen LogP contribution in [0.4, 0.5) is 0 Å². The first-order chi connectivity index (χ1) is 18.0. The molecule has 194 valence electrons. The van der Waals surface area contributed by atoms with Gasteiger partial charge in [-0.1, -0.05) is 86.6 Å². The van der Waals surface area contributed by atoms with Crippen LogP contribution in [0.1, 0.15) is 54.4 Å². The summed E-state index contributed by atoms with van der Waals surface area (Å²) in [7, 11) is 1.71. The summed E-state index contributed by atoms with van der Waals surface area (Å²) in [5, 5.41) is 14.3. The fourth-order valence-electron chi connectivity index (χ4n) is 6.58. The van der Waals surface area contributed by atoms with Crippen LogP contribution in [0, 0.1) is 11.8 Å². The number of carbonyl (C=O) groups is 1. The average molecular weight is 499 g/mol. The number of methoxy groups -OCH3 is 1. The first-order valence-corrected chi connectivity index (χ1v) is 13.4. The highest BCUT2D eigenvalue weighted by molar-refractivity contribution is 5.72. The lowest BCUT2D eigenvalue weighted by Gasteiger charge is -2.55.